The van der Waals surface area contributed by atoms with E-state index in [1.807, 2.05) is 30.3 Å². The third-order valence-electron chi connectivity index (χ3n) is 3.47. The molecule has 0 aromatic heterocycles. The van der Waals surface area contributed by atoms with Crippen LogP contribution in [0.3, 0.4) is 0 Å². The second kappa shape index (κ2) is 8.82. The molecule has 2 aromatic carbocycles. The molecule has 3 nitrogen and oxygen atoms in total. The summed E-state index contributed by atoms with van der Waals surface area (Å²) < 4.78 is 30.8. The van der Waals surface area contributed by atoms with E-state index in [4.69, 9.17) is 4.74 Å². The Morgan fingerprint density at radius 1 is 1.21 bits per heavy atom. The molecule has 0 aliphatic carbocycles. The Morgan fingerprint density at radius 2 is 1.96 bits per heavy atom. The summed E-state index contributed by atoms with van der Waals surface area (Å²) in [6.45, 7) is 0.512. The SMILES string of the molecule is COc1ccc(/C=C/C(=O)NCCc2ccccc2)cc1C(F)F. The molecule has 0 aliphatic rings. The minimum absolute atomic E-state index is 0.134. The number of halogens is 2. The number of hydrogen-bond donors (Lipinski definition) is 1. The van der Waals surface area contributed by atoms with Crippen molar-refractivity contribution >= 4 is 12.0 Å². The van der Waals surface area contributed by atoms with E-state index in [0.29, 0.717) is 12.1 Å². The highest BCUT2D eigenvalue weighted by Gasteiger charge is 2.13. The van der Waals surface area contributed by atoms with Gasteiger partial charge in [0.15, 0.2) is 0 Å². The first-order valence-electron chi connectivity index (χ1n) is 7.56. The molecule has 0 saturated carbocycles. The zero-order chi connectivity index (χ0) is 17.4. The molecule has 0 unspecified atom stereocenters. The number of benzene rings is 2. The number of methoxy groups -OCH3 is 1. The van der Waals surface area contributed by atoms with Crippen molar-refractivity contribution < 1.29 is 18.3 Å². The van der Waals surface area contributed by atoms with Crippen LogP contribution in [-0.2, 0) is 11.2 Å². The molecular weight excluding hydrogens is 312 g/mol. The van der Waals surface area contributed by atoms with Crippen LogP contribution in [-0.4, -0.2) is 19.6 Å². The fourth-order valence-electron chi connectivity index (χ4n) is 2.23. The van der Waals surface area contributed by atoms with Crippen LogP contribution in [0.2, 0.25) is 0 Å². The zero-order valence-corrected chi connectivity index (χ0v) is 13.3. The van der Waals surface area contributed by atoms with E-state index < -0.39 is 6.43 Å². The summed E-state index contributed by atoms with van der Waals surface area (Å²) in [5.74, 6) is -0.130. The van der Waals surface area contributed by atoms with E-state index in [1.54, 1.807) is 6.07 Å². The van der Waals surface area contributed by atoms with Crippen molar-refractivity contribution in [3.8, 4) is 5.75 Å². The largest absolute Gasteiger partial charge is 0.496 e. The van der Waals surface area contributed by atoms with E-state index in [1.165, 1.54) is 31.4 Å². The molecule has 5 heteroatoms. The van der Waals surface area contributed by atoms with Gasteiger partial charge >= 0.3 is 0 Å². The molecule has 0 bridgehead atoms. The number of carbonyl (C=O) groups excluding carboxylic acids is 1. The lowest BCUT2D eigenvalue weighted by atomic mass is 10.1. The first-order chi connectivity index (χ1) is 11.6. The molecule has 2 aromatic rings. The lowest BCUT2D eigenvalue weighted by Gasteiger charge is -2.08. The molecule has 0 aliphatic heterocycles. The van der Waals surface area contributed by atoms with Crippen LogP contribution >= 0.6 is 0 Å². The topological polar surface area (TPSA) is 38.3 Å². The summed E-state index contributed by atoms with van der Waals surface area (Å²) in [7, 11) is 1.34. The quantitative estimate of drug-likeness (QED) is 0.779. The predicted octanol–water partition coefficient (Wildman–Crippen LogP) is 4.00. The molecule has 0 radical (unpaired) electrons. The molecule has 0 saturated heterocycles. The number of ether oxygens (including phenoxy) is 1. The van der Waals surface area contributed by atoms with Gasteiger partial charge in [-0.25, -0.2) is 8.78 Å². The van der Waals surface area contributed by atoms with Crippen LogP contribution in [0.5, 0.6) is 5.75 Å². The number of nitrogens with one attached hydrogen (secondary N) is 1. The average molecular weight is 331 g/mol. The van der Waals surface area contributed by atoms with Crippen LogP contribution in [0.4, 0.5) is 8.78 Å². The van der Waals surface area contributed by atoms with Gasteiger partial charge in [-0.1, -0.05) is 36.4 Å². The summed E-state index contributed by atoms with van der Waals surface area (Å²) in [5, 5.41) is 2.76. The molecule has 1 N–H and O–H groups in total. The monoisotopic (exact) mass is 331 g/mol. The minimum Gasteiger partial charge on any atom is -0.496 e. The van der Waals surface area contributed by atoms with Crippen LogP contribution in [0, 0.1) is 0 Å². The van der Waals surface area contributed by atoms with Crippen molar-refractivity contribution in [1.29, 1.82) is 0 Å². The Morgan fingerprint density at radius 3 is 2.62 bits per heavy atom. The van der Waals surface area contributed by atoms with Crippen LogP contribution < -0.4 is 10.1 Å². The van der Waals surface area contributed by atoms with Crippen LogP contribution in [0.25, 0.3) is 6.08 Å². The molecular formula is C19H19F2NO2. The second-order valence-corrected chi connectivity index (χ2v) is 5.16. The molecule has 0 fully saturated rings. The molecule has 2 rings (SSSR count). The average Bonchev–Trinajstić information content (AvgIpc) is 2.60. The Kier molecular flexibility index (Phi) is 6.49. The van der Waals surface area contributed by atoms with Crippen molar-refractivity contribution in [3.63, 3.8) is 0 Å². The third kappa shape index (κ3) is 5.19. The van der Waals surface area contributed by atoms with Crippen molar-refractivity contribution in [3.05, 3.63) is 71.3 Å². The highest BCUT2D eigenvalue weighted by Crippen LogP contribution is 2.29. The Hall–Kier alpha value is -2.69. The summed E-state index contributed by atoms with van der Waals surface area (Å²) >= 11 is 0. The number of amides is 1. The van der Waals surface area contributed by atoms with Crippen molar-refractivity contribution in [1.82, 2.24) is 5.32 Å². The van der Waals surface area contributed by atoms with Gasteiger partial charge in [-0.05, 0) is 35.8 Å². The predicted molar refractivity (Wildman–Crippen MR) is 90.1 cm³/mol. The van der Waals surface area contributed by atoms with E-state index in [2.05, 4.69) is 5.32 Å². The molecule has 0 heterocycles. The minimum atomic E-state index is -2.63. The highest BCUT2D eigenvalue weighted by atomic mass is 19.3. The summed E-state index contributed by atoms with van der Waals surface area (Å²) in [5.41, 5.74) is 1.46. The zero-order valence-electron chi connectivity index (χ0n) is 13.3. The Balaban J connectivity index is 1.90. The van der Waals surface area contributed by atoms with Gasteiger partial charge in [0.1, 0.15) is 5.75 Å². The molecule has 0 spiro atoms. The van der Waals surface area contributed by atoms with Gasteiger partial charge in [0.05, 0.1) is 12.7 Å². The maximum absolute atomic E-state index is 12.9. The van der Waals surface area contributed by atoms with Gasteiger partial charge in [0, 0.05) is 12.6 Å². The smallest absolute Gasteiger partial charge is 0.267 e. The number of alkyl halides is 2. The standard InChI is InChI=1S/C19H19F2NO2/c1-24-17-9-7-15(13-16(17)19(20)21)8-10-18(23)22-12-11-14-5-3-2-4-6-14/h2-10,13,19H,11-12H2,1H3,(H,22,23)/b10-8+. The summed E-state index contributed by atoms with van der Waals surface area (Å²) in [4.78, 5) is 11.8. The number of hydrogen-bond acceptors (Lipinski definition) is 2. The molecule has 126 valence electrons. The van der Waals surface area contributed by atoms with Gasteiger partial charge in [0.25, 0.3) is 6.43 Å². The van der Waals surface area contributed by atoms with Gasteiger partial charge in [-0.15, -0.1) is 0 Å². The second-order valence-electron chi connectivity index (χ2n) is 5.16. The molecule has 24 heavy (non-hydrogen) atoms. The van der Waals surface area contributed by atoms with Crippen molar-refractivity contribution in [2.75, 3.05) is 13.7 Å². The van der Waals surface area contributed by atoms with Gasteiger partial charge in [-0.2, -0.15) is 0 Å². The Bertz CT molecular complexity index is 700. The van der Waals surface area contributed by atoms with Crippen LogP contribution in [0.1, 0.15) is 23.1 Å². The molecule has 0 atom stereocenters. The van der Waals surface area contributed by atoms with Gasteiger partial charge in [-0.3, -0.25) is 4.79 Å². The van der Waals surface area contributed by atoms with E-state index in [-0.39, 0.29) is 17.2 Å². The summed E-state index contributed by atoms with van der Waals surface area (Å²) in [6.07, 6.45) is 0.942. The first-order valence-corrected chi connectivity index (χ1v) is 7.56. The number of carbonyl (C=O) groups is 1. The van der Waals surface area contributed by atoms with Gasteiger partial charge < -0.3 is 10.1 Å². The van der Waals surface area contributed by atoms with E-state index in [9.17, 15) is 13.6 Å². The van der Waals surface area contributed by atoms with E-state index in [0.717, 1.165) is 12.0 Å². The van der Waals surface area contributed by atoms with Crippen molar-refractivity contribution in [2.45, 2.75) is 12.8 Å². The van der Waals surface area contributed by atoms with Crippen LogP contribution in [0.15, 0.2) is 54.6 Å². The normalized spacial score (nSPS) is 11.0. The maximum Gasteiger partial charge on any atom is 0.267 e. The lowest BCUT2D eigenvalue weighted by molar-refractivity contribution is -0.116. The Labute approximate surface area is 140 Å². The van der Waals surface area contributed by atoms with Crippen molar-refractivity contribution in [2.24, 2.45) is 0 Å². The number of rotatable bonds is 7. The summed E-state index contributed by atoms with van der Waals surface area (Å²) in [6, 6.07) is 14.2. The first kappa shape index (κ1) is 17.7. The fraction of sp³-hybridized carbons (Fsp3) is 0.211. The molecule has 1 amide bonds. The fourth-order valence-corrected chi connectivity index (χ4v) is 2.23. The highest BCUT2D eigenvalue weighted by molar-refractivity contribution is 5.91. The maximum atomic E-state index is 12.9. The van der Waals surface area contributed by atoms with E-state index >= 15 is 0 Å². The lowest BCUT2D eigenvalue weighted by Crippen LogP contribution is -2.23. The van der Waals surface area contributed by atoms with Gasteiger partial charge in [0.2, 0.25) is 5.91 Å². The third-order valence-corrected chi connectivity index (χ3v) is 3.47.